The molecule has 28 heavy (non-hydrogen) atoms. The van der Waals surface area contributed by atoms with E-state index in [4.69, 9.17) is 9.47 Å². The zero-order valence-corrected chi connectivity index (χ0v) is 17.9. The van der Waals surface area contributed by atoms with Gasteiger partial charge in [0.1, 0.15) is 0 Å². The van der Waals surface area contributed by atoms with Crippen molar-refractivity contribution in [3.63, 3.8) is 0 Å². The maximum atomic E-state index is 5.62. The molecule has 0 saturated carbocycles. The fraction of sp³-hybridized carbons (Fsp3) is 0.682. The Bertz CT molecular complexity index is 573. The third-order valence-corrected chi connectivity index (χ3v) is 5.00. The lowest BCUT2D eigenvalue weighted by molar-refractivity contribution is 0.0170. The van der Waals surface area contributed by atoms with Crippen LogP contribution in [0, 0.1) is 6.92 Å². The molecule has 1 saturated heterocycles. The van der Waals surface area contributed by atoms with Crippen LogP contribution in [0.5, 0.6) is 0 Å². The monoisotopic (exact) mass is 390 g/mol. The van der Waals surface area contributed by atoms with Gasteiger partial charge in [0.25, 0.3) is 0 Å². The maximum Gasteiger partial charge on any atom is 0.191 e. The van der Waals surface area contributed by atoms with E-state index in [-0.39, 0.29) is 0 Å². The number of ether oxygens (including phenoxy) is 2. The first-order valence-electron chi connectivity index (χ1n) is 10.6. The summed E-state index contributed by atoms with van der Waals surface area (Å²) >= 11 is 0. The molecule has 0 radical (unpaired) electrons. The first-order chi connectivity index (χ1) is 13.7. The van der Waals surface area contributed by atoms with Crippen LogP contribution in [0.25, 0.3) is 0 Å². The van der Waals surface area contributed by atoms with Gasteiger partial charge in [0.2, 0.25) is 0 Å². The topological polar surface area (TPSA) is 58.1 Å². The average molecular weight is 391 g/mol. The Morgan fingerprint density at radius 1 is 1.21 bits per heavy atom. The van der Waals surface area contributed by atoms with Gasteiger partial charge in [0.05, 0.1) is 19.3 Å². The minimum Gasteiger partial charge on any atom is -0.381 e. The zero-order valence-electron chi connectivity index (χ0n) is 17.9. The molecule has 1 aromatic rings. The van der Waals surface area contributed by atoms with Crippen molar-refractivity contribution in [1.29, 1.82) is 0 Å². The second-order valence-electron chi connectivity index (χ2n) is 7.28. The van der Waals surface area contributed by atoms with Crippen molar-refractivity contribution in [2.24, 2.45) is 4.99 Å². The van der Waals surface area contributed by atoms with Crippen LogP contribution in [0.15, 0.2) is 29.3 Å². The van der Waals surface area contributed by atoms with Gasteiger partial charge in [0, 0.05) is 46.4 Å². The Morgan fingerprint density at radius 3 is 2.71 bits per heavy atom. The quantitative estimate of drug-likeness (QED) is 0.346. The smallest absolute Gasteiger partial charge is 0.191 e. The van der Waals surface area contributed by atoms with Crippen LogP contribution in [0.2, 0.25) is 0 Å². The molecule has 158 valence electrons. The van der Waals surface area contributed by atoms with E-state index >= 15 is 0 Å². The minimum absolute atomic E-state index is 0.305. The van der Waals surface area contributed by atoms with E-state index in [1.165, 1.54) is 17.5 Å². The van der Waals surface area contributed by atoms with Crippen LogP contribution in [0.4, 0.5) is 0 Å². The molecule has 0 bridgehead atoms. The van der Waals surface area contributed by atoms with E-state index in [1.807, 2.05) is 7.05 Å². The first-order valence-corrected chi connectivity index (χ1v) is 10.6. The van der Waals surface area contributed by atoms with E-state index in [0.29, 0.717) is 6.04 Å². The molecule has 2 N–H and O–H groups in total. The summed E-state index contributed by atoms with van der Waals surface area (Å²) < 4.78 is 11.2. The molecule has 1 unspecified atom stereocenters. The van der Waals surface area contributed by atoms with Gasteiger partial charge < -0.3 is 20.1 Å². The number of hydrogen-bond donors (Lipinski definition) is 2. The van der Waals surface area contributed by atoms with E-state index in [0.717, 1.165) is 71.4 Å². The van der Waals surface area contributed by atoms with Crippen molar-refractivity contribution in [2.75, 3.05) is 59.7 Å². The number of aryl methyl sites for hydroxylation is 1. The second kappa shape index (κ2) is 13.5. The van der Waals surface area contributed by atoms with Gasteiger partial charge >= 0.3 is 0 Å². The van der Waals surface area contributed by atoms with Crippen LogP contribution in [-0.4, -0.2) is 70.5 Å². The Hall–Kier alpha value is -1.63. The Labute approximate surface area is 170 Å². The minimum atomic E-state index is 0.305. The van der Waals surface area contributed by atoms with Gasteiger partial charge in [-0.15, -0.1) is 0 Å². The van der Waals surface area contributed by atoms with Gasteiger partial charge in [0.15, 0.2) is 5.96 Å². The maximum absolute atomic E-state index is 5.62. The van der Waals surface area contributed by atoms with Crippen LogP contribution in [-0.2, 0) is 9.47 Å². The number of benzene rings is 1. The van der Waals surface area contributed by atoms with Gasteiger partial charge in [-0.05, 0) is 25.3 Å². The normalized spacial score (nSPS) is 16.8. The molecule has 2 rings (SSSR count). The molecule has 0 spiro atoms. The molecule has 1 aliphatic heterocycles. The highest BCUT2D eigenvalue weighted by molar-refractivity contribution is 5.79. The van der Waals surface area contributed by atoms with Crippen molar-refractivity contribution in [3.05, 3.63) is 35.4 Å². The Balaban J connectivity index is 1.83. The van der Waals surface area contributed by atoms with Crippen molar-refractivity contribution >= 4 is 5.96 Å². The summed E-state index contributed by atoms with van der Waals surface area (Å²) in [5, 5.41) is 6.91. The van der Waals surface area contributed by atoms with Crippen LogP contribution in [0.1, 0.15) is 43.4 Å². The number of guanidine groups is 1. The summed E-state index contributed by atoms with van der Waals surface area (Å²) in [6.45, 7) is 11.2. The highest BCUT2D eigenvalue weighted by Gasteiger charge is 2.23. The molecule has 1 heterocycles. The molecule has 1 fully saturated rings. The summed E-state index contributed by atoms with van der Waals surface area (Å²) in [7, 11) is 1.82. The standard InChI is InChI=1S/C22H38N4O2/c1-4-5-13-27-14-7-10-24-22(23-3)25-18-21(26-11-15-28-16-12-26)20-9-6-8-19(2)17-20/h6,8-9,17,21H,4-5,7,10-16,18H2,1-3H3,(H2,23,24,25). The number of nitrogens with zero attached hydrogens (tertiary/aromatic N) is 2. The number of hydrogen-bond acceptors (Lipinski definition) is 4. The lowest BCUT2D eigenvalue weighted by atomic mass is 10.0. The van der Waals surface area contributed by atoms with Crippen molar-refractivity contribution in [2.45, 2.75) is 39.2 Å². The SMILES string of the molecule is CCCCOCCCNC(=NC)NCC(c1cccc(C)c1)N1CCOCC1. The molecule has 6 nitrogen and oxygen atoms in total. The second-order valence-corrected chi connectivity index (χ2v) is 7.28. The van der Waals surface area contributed by atoms with Gasteiger partial charge in [-0.1, -0.05) is 43.2 Å². The molecular formula is C22H38N4O2. The predicted octanol–water partition coefficient (Wildman–Crippen LogP) is 2.74. The number of rotatable bonds is 11. The van der Waals surface area contributed by atoms with Crippen LogP contribution < -0.4 is 10.6 Å². The number of morpholine rings is 1. The van der Waals surface area contributed by atoms with Crippen molar-refractivity contribution < 1.29 is 9.47 Å². The lowest BCUT2D eigenvalue weighted by Gasteiger charge is -2.35. The fourth-order valence-electron chi connectivity index (χ4n) is 3.37. The predicted molar refractivity (Wildman–Crippen MR) is 116 cm³/mol. The largest absolute Gasteiger partial charge is 0.381 e. The zero-order chi connectivity index (χ0) is 20.0. The van der Waals surface area contributed by atoms with E-state index in [2.05, 4.69) is 58.6 Å². The summed E-state index contributed by atoms with van der Waals surface area (Å²) in [5.41, 5.74) is 2.63. The molecule has 0 aliphatic carbocycles. The molecule has 0 amide bonds. The first kappa shape index (κ1) is 22.7. The van der Waals surface area contributed by atoms with Gasteiger partial charge in [-0.2, -0.15) is 0 Å². The Morgan fingerprint density at radius 2 is 2.00 bits per heavy atom. The van der Waals surface area contributed by atoms with E-state index in [1.54, 1.807) is 0 Å². The molecule has 1 aromatic carbocycles. The number of aliphatic imine (C=N–C) groups is 1. The Kier molecular flexibility index (Phi) is 10.9. The average Bonchev–Trinajstić information content (AvgIpc) is 2.72. The van der Waals surface area contributed by atoms with Gasteiger partial charge in [-0.25, -0.2) is 0 Å². The molecule has 1 atom stereocenters. The highest BCUT2D eigenvalue weighted by atomic mass is 16.5. The third kappa shape index (κ3) is 8.17. The van der Waals surface area contributed by atoms with Crippen LogP contribution in [0.3, 0.4) is 0 Å². The van der Waals surface area contributed by atoms with Crippen molar-refractivity contribution in [1.82, 2.24) is 15.5 Å². The summed E-state index contributed by atoms with van der Waals surface area (Å²) in [4.78, 5) is 6.87. The highest BCUT2D eigenvalue weighted by Crippen LogP contribution is 2.22. The van der Waals surface area contributed by atoms with Crippen molar-refractivity contribution in [3.8, 4) is 0 Å². The number of unbranched alkanes of at least 4 members (excludes halogenated alkanes) is 1. The van der Waals surface area contributed by atoms with Crippen LogP contribution >= 0.6 is 0 Å². The number of nitrogens with one attached hydrogen (secondary N) is 2. The summed E-state index contributed by atoms with van der Waals surface area (Å²) in [5.74, 6) is 0.847. The summed E-state index contributed by atoms with van der Waals surface area (Å²) in [6.07, 6.45) is 3.30. The summed E-state index contributed by atoms with van der Waals surface area (Å²) in [6, 6.07) is 9.10. The van der Waals surface area contributed by atoms with E-state index < -0.39 is 0 Å². The lowest BCUT2D eigenvalue weighted by Crippen LogP contribution is -2.46. The molecule has 6 heteroatoms. The van der Waals surface area contributed by atoms with Gasteiger partial charge in [-0.3, -0.25) is 9.89 Å². The third-order valence-electron chi connectivity index (χ3n) is 5.00. The van der Waals surface area contributed by atoms with E-state index in [9.17, 15) is 0 Å². The molecule has 0 aromatic heterocycles. The molecule has 1 aliphatic rings. The fourth-order valence-corrected chi connectivity index (χ4v) is 3.37. The molecular weight excluding hydrogens is 352 g/mol.